The predicted molar refractivity (Wildman–Crippen MR) is 78.8 cm³/mol. The van der Waals surface area contributed by atoms with E-state index in [1.54, 1.807) is 0 Å². The Morgan fingerprint density at radius 2 is 2.05 bits per heavy atom. The van der Waals surface area contributed by atoms with Crippen LogP contribution in [0.4, 0.5) is 5.82 Å². The van der Waals surface area contributed by atoms with Gasteiger partial charge in [0.05, 0.1) is 6.20 Å². The highest BCUT2D eigenvalue weighted by Gasteiger charge is 2.29. The van der Waals surface area contributed by atoms with Crippen molar-refractivity contribution in [1.29, 1.82) is 0 Å². The second-order valence-electron chi connectivity index (χ2n) is 5.92. The van der Waals surface area contributed by atoms with Crippen LogP contribution >= 0.6 is 0 Å². The van der Waals surface area contributed by atoms with Crippen LogP contribution < -0.4 is 10.5 Å². The Morgan fingerprint density at radius 3 is 2.60 bits per heavy atom. The van der Waals surface area contributed by atoms with Gasteiger partial charge in [-0.15, -0.1) is 0 Å². The van der Waals surface area contributed by atoms with Gasteiger partial charge in [-0.05, 0) is 32.6 Å². The third kappa shape index (κ3) is 2.98. The van der Waals surface area contributed by atoms with E-state index in [2.05, 4.69) is 16.7 Å². The van der Waals surface area contributed by atoms with Gasteiger partial charge in [-0.1, -0.05) is 19.8 Å². The molecule has 6 nitrogen and oxygen atoms in total. The second kappa shape index (κ2) is 5.73. The van der Waals surface area contributed by atoms with Gasteiger partial charge in [0.25, 0.3) is 0 Å². The van der Waals surface area contributed by atoms with Crippen molar-refractivity contribution in [2.24, 2.45) is 5.92 Å². The van der Waals surface area contributed by atoms with Gasteiger partial charge in [0.15, 0.2) is 0 Å². The second-order valence-corrected chi connectivity index (χ2v) is 7.60. The van der Waals surface area contributed by atoms with E-state index in [4.69, 9.17) is 5.73 Å². The van der Waals surface area contributed by atoms with Gasteiger partial charge in [-0.2, -0.15) is 5.10 Å². The number of nitrogens with one attached hydrogen (secondary N) is 1. The summed E-state index contributed by atoms with van der Waals surface area (Å²) in [6.07, 6.45) is 5.53. The first-order chi connectivity index (χ1) is 9.33. The minimum atomic E-state index is -3.59. The largest absolute Gasteiger partial charge is 0.383 e. The summed E-state index contributed by atoms with van der Waals surface area (Å²) in [4.78, 5) is 0.0870. The molecule has 1 aliphatic rings. The van der Waals surface area contributed by atoms with E-state index in [0.29, 0.717) is 5.92 Å². The summed E-state index contributed by atoms with van der Waals surface area (Å²) in [5.74, 6) is 0.566. The summed E-state index contributed by atoms with van der Waals surface area (Å²) in [5.41, 5.74) is 5.91. The standard InChI is InChI=1S/C13H24N4O2S/c1-9(2)17-13(14)12(8-15-17)20(18,19)16-11-7-5-4-6-10(11)3/h8-11,16H,4-7,14H2,1-3H3. The van der Waals surface area contributed by atoms with Gasteiger partial charge >= 0.3 is 0 Å². The number of anilines is 1. The van der Waals surface area contributed by atoms with Gasteiger partial charge < -0.3 is 5.73 Å². The Balaban J connectivity index is 2.22. The van der Waals surface area contributed by atoms with Crippen LogP contribution in [0.1, 0.15) is 52.5 Å². The molecule has 114 valence electrons. The molecule has 0 saturated heterocycles. The molecule has 2 rings (SSSR count). The molecule has 7 heteroatoms. The number of rotatable bonds is 4. The molecule has 1 aromatic rings. The maximum Gasteiger partial charge on any atom is 0.246 e. The lowest BCUT2D eigenvalue weighted by Crippen LogP contribution is -2.41. The molecule has 2 unspecified atom stereocenters. The van der Waals surface area contributed by atoms with Crippen molar-refractivity contribution in [3.63, 3.8) is 0 Å². The zero-order valence-corrected chi connectivity index (χ0v) is 13.2. The molecule has 0 radical (unpaired) electrons. The number of nitrogens with zero attached hydrogens (tertiary/aromatic N) is 2. The summed E-state index contributed by atoms with van der Waals surface area (Å²) < 4.78 is 29.2. The van der Waals surface area contributed by atoms with Crippen molar-refractivity contribution in [2.45, 2.75) is 63.4 Å². The fourth-order valence-corrected chi connectivity index (χ4v) is 4.16. The van der Waals surface area contributed by atoms with E-state index in [1.807, 2.05) is 13.8 Å². The SMILES string of the molecule is CC1CCCCC1NS(=O)(=O)c1cnn(C(C)C)c1N. The van der Waals surface area contributed by atoms with Crippen LogP contribution in [0.5, 0.6) is 0 Å². The Kier molecular flexibility index (Phi) is 4.39. The monoisotopic (exact) mass is 300 g/mol. The van der Waals surface area contributed by atoms with Gasteiger partial charge in [-0.25, -0.2) is 17.8 Å². The summed E-state index contributed by atoms with van der Waals surface area (Å²) in [6.45, 7) is 5.92. The molecule has 2 atom stereocenters. The van der Waals surface area contributed by atoms with Crippen molar-refractivity contribution < 1.29 is 8.42 Å². The molecule has 0 aromatic carbocycles. The minimum absolute atomic E-state index is 0.00412. The van der Waals surface area contributed by atoms with Crippen LogP contribution in [-0.2, 0) is 10.0 Å². The first-order valence-corrected chi connectivity index (χ1v) is 8.66. The highest BCUT2D eigenvalue weighted by Crippen LogP contribution is 2.27. The van der Waals surface area contributed by atoms with E-state index in [9.17, 15) is 8.42 Å². The number of aromatic nitrogens is 2. The van der Waals surface area contributed by atoms with Gasteiger partial charge in [-0.3, -0.25) is 0 Å². The molecule has 1 saturated carbocycles. The van der Waals surface area contributed by atoms with Crippen molar-refractivity contribution in [3.05, 3.63) is 6.20 Å². The molecular weight excluding hydrogens is 276 g/mol. The molecule has 1 aromatic heterocycles. The summed E-state index contributed by atoms with van der Waals surface area (Å²) in [7, 11) is -3.59. The van der Waals surface area contributed by atoms with Crippen LogP contribution in [0.3, 0.4) is 0 Å². The molecule has 0 spiro atoms. The lowest BCUT2D eigenvalue weighted by atomic mass is 9.87. The van der Waals surface area contributed by atoms with Crippen LogP contribution in [-0.4, -0.2) is 24.2 Å². The summed E-state index contributed by atoms with van der Waals surface area (Å²) in [5, 5.41) is 4.07. The van der Waals surface area contributed by atoms with Crippen molar-refractivity contribution in [3.8, 4) is 0 Å². The van der Waals surface area contributed by atoms with Gasteiger partial charge in [0.1, 0.15) is 10.7 Å². The molecule has 1 fully saturated rings. The topological polar surface area (TPSA) is 90.0 Å². The van der Waals surface area contributed by atoms with E-state index < -0.39 is 10.0 Å². The Hall–Kier alpha value is -1.08. The van der Waals surface area contributed by atoms with E-state index in [0.717, 1.165) is 19.3 Å². The fourth-order valence-electron chi connectivity index (χ4n) is 2.73. The number of nitrogen functional groups attached to an aromatic ring is 1. The maximum absolute atomic E-state index is 12.5. The quantitative estimate of drug-likeness (QED) is 0.888. The fraction of sp³-hybridized carbons (Fsp3) is 0.769. The highest BCUT2D eigenvalue weighted by molar-refractivity contribution is 7.89. The first kappa shape index (κ1) is 15.3. The lowest BCUT2D eigenvalue weighted by Gasteiger charge is -2.29. The van der Waals surface area contributed by atoms with Crippen molar-refractivity contribution >= 4 is 15.8 Å². The molecule has 1 heterocycles. The van der Waals surface area contributed by atoms with Gasteiger partial charge in [0.2, 0.25) is 10.0 Å². The van der Waals surface area contributed by atoms with E-state index in [-0.39, 0.29) is 22.8 Å². The van der Waals surface area contributed by atoms with E-state index >= 15 is 0 Å². The number of hydrogen-bond donors (Lipinski definition) is 2. The zero-order chi connectivity index (χ0) is 14.9. The predicted octanol–water partition coefficient (Wildman–Crippen LogP) is 1.90. The Labute approximate surface area is 120 Å². The van der Waals surface area contributed by atoms with Crippen LogP contribution in [0, 0.1) is 5.92 Å². The highest BCUT2D eigenvalue weighted by atomic mass is 32.2. The van der Waals surface area contributed by atoms with Crippen LogP contribution in [0.15, 0.2) is 11.1 Å². The molecule has 0 aliphatic heterocycles. The first-order valence-electron chi connectivity index (χ1n) is 7.18. The molecule has 0 amide bonds. The third-order valence-electron chi connectivity index (χ3n) is 4.00. The minimum Gasteiger partial charge on any atom is -0.383 e. The molecule has 1 aliphatic carbocycles. The van der Waals surface area contributed by atoms with Gasteiger partial charge in [0, 0.05) is 12.1 Å². The molecular formula is C13H24N4O2S. The summed E-state index contributed by atoms with van der Waals surface area (Å²) >= 11 is 0. The average molecular weight is 300 g/mol. The van der Waals surface area contributed by atoms with E-state index in [1.165, 1.54) is 17.3 Å². The molecule has 3 N–H and O–H groups in total. The average Bonchev–Trinajstić information content (AvgIpc) is 2.75. The zero-order valence-electron chi connectivity index (χ0n) is 12.3. The van der Waals surface area contributed by atoms with Crippen molar-refractivity contribution in [1.82, 2.24) is 14.5 Å². The molecule has 20 heavy (non-hydrogen) atoms. The van der Waals surface area contributed by atoms with Crippen LogP contribution in [0.25, 0.3) is 0 Å². The number of nitrogens with two attached hydrogens (primary N) is 1. The smallest absolute Gasteiger partial charge is 0.246 e. The van der Waals surface area contributed by atoms with Crippen molar-refractivity contribution in [2.75, 3.05) is 5.73 Å². The third-order valence-corrected chi connectivity index (χ3v) is 5.50. The van der Waals surface area contributed by atoms with Crippen LogP contribution in [0.2, 0.25) is 0 Å². The normalized spacial score (nSPS) is 24.2. The number of sulfonamides is 1. The maximum atomic E-state index is 12.5. The Bertz CT molecular complexity index is 565. The molecule has 0 bridgehead atoms. The number of hydrogen-bond acceptors (Lipinski definition) is 4. The summed E-state index contributed by atoms with van der Waals surface area (Å²) in [6, 6.07) is 0.0307. The Morgan fingerprint density at radius 1 is 1.40 bits per heavy atom. The lowest BCUT2D eigenvalue weighted by molar-refractivity contribution is 0.310.